The Morgan fingerprint density at radius 1 is 0.912 bits per heavy atom. The number of carbonyl (C=O) groups is 1. The van der Waals surface area contributed by atoms with Crippen LogP contribution in [0.4, 0.5) is 10.7 Å². The zero-order valence-corrected chi connectivity index (χ0v) is 19.7. The minimum atomic E-state index is -0.0811. The van der Waals surface area contributed by atoms with Gasteiger partial charge in [-0.05, 0) is 78.8 Å². The first-order chi connectivity index (χ1) is 16.8. The van der Waals surface area contributed by atoms with Gasteiger partial charge in [-0.2, -0.15) is 0 Å². The number of nitrogens with zero attached hydrogens (tertiary/aromatic N) is 1. The van der Waals surface area contributed by atoms with Crippen LogP contribution in [0.1, 0.15) is 44.8 Å². The second-order valence-electron chi connectivity index (χ2n) is 8.31. The Hall–Kier alpha value is -3.70. The number of benzene rings is 3. The van der Waals surface area contributed by atoms with E-state index in [0.29, 0.717) is 6.61 Å². The van der Waals surface area contributed by atoms with E-state index in [1.54, 1.807) is 11.3 Å². The van der Waals surface area contributed by atoms with Crippen molar-refractivity contribution in [2.24, 2.45) is 4.99 Å². The molecular formula is C29H26N2O2S. The van der Waals surface area contributed by atoms with Gasteiger partial charge in [-0.25, -0.2) is 4.99 Å². The first-order valence-corrected chi connectivity index (χ1v) is 12.4. The maximum absolute atomic E-state index is 13.2. The van der Waals surface area contributed by atoms with Crippen LogP contribution in [0.2, 0.25) is 0 Å². The van der Waals surface area contributed by atoms with Gasteiger partial charge in [-0.1, -0.05) is 48.5 Å². The van der Waals surface area contributed by atoms with E-state index in [4.69, 9.17) is 9.73 Å². The molecule has 0 unspecified atom stereocenters. The van der Waals surface area contributed by atoms with E-state index in [1.807, 2.05) is 91.1 Å². The third-order valence-corrected chi connectivity index (χ3v) is 7.07. The molecule has 0 saturated heterocycles. The Morgan fingerprint density at radius 2 is 1.62 bits per heavy atom. The summed E-state index contributed by atoms with van der Waals surface area (Å²) in [5.41, 5.74) is 4.79. The molecule has 170 valence electrons. The Balaban J connectivity index is 1.33. The van der Waals surface area contributed by atoms with E-state index < -0.39 is 0 Å². The van der Waals surface area contributed by atoms with Gasteiger partial charge in [-0.15, -0.1) is 11.3 Å². The Kier molecular flexibility index (Phi) is 6.82. The summed E-state index contributed by atoms with van der Waals surface area (Å²) in [6.45, 7) is 0.537. The third-order valence-electron chi connectivity index (χ3n) is 5.87. The van der Waals surface area contributed by atoms with Crippen molar-refractivity contribution < 1.29 is 9.53 Å². The quantitative estimate of drug-likeness (QED) is 0.293. The Bertz CT molecular complexity index is 1280. The van der Waals surface area contributed by atoms with Crippen molar-refractivity contribution in [2.75, 3.05) is 5.32 Å². The highest BCUT2D eigenvalue weighted by Crippen LogP contribution is 2.40. The summed E-state index contributed by atoms with van der Waals surface area (Å²) >= 11 is 1.65. The number of hydrogen-bond acceptors (Lipinski definition) is 4. The maximum Gasteiger partial charge on any atom is 0.259 e. The molecule has 1 amide bonds. The first-order valence-electron chi connectivity index (χ1n) is 11.6. The molecule has 0 spiro atoms. The number of fused-ring (bicyclic) bond motifs is 1. The largest absolute Gasteiger partial charge is 0.489 e. The molecule has 0 radical (unpaired) electrons. The summed E-state index contributed by atoms with van der Waals surface area (Å²) in [6, 6.07) is 27.6. The number of anilines is 1. The molecule has 34 heavy (non-hydrogen) atoms. The lowest BCUT2D eigenvalue weighted by Crippen LogP contribution is -2.14. The van der Waals surface area contributed by atoms with Gasteiger partial charge in [0, 0.05) is 16.8 Å². The number of amides is 1. The number of para-hydroxylation sites is 1. The summed E-state index contributed by atoms with van der Waals surface area (Å²) in [7, 11) is 0. The number of ether oxygens (including phenoxy) is 1. The topological polar surface area (TPSA) is 50.7 Å². The molecule has 1 aromatic heterocycles. The number of hydrogen-bond donors (Lipinski definition) is 1. The number of aliphatic imine (C=N–C) groups is 1. The van der Waals surface area contributed by atoms with E-state index >= 15 is 0 Å². The molecule has 1 aliphatic rings. The van der Waals surface area contributed by atoms with Crippen molar-refractivity contribution in [3.05, 3.63) is 112 Å². The maximum atomic E-state index is 13.2. The lowest BCUT2D eigenvalue weighted by atomic mass is 9.95. The fraction of sp³-hybridized carbons (Fsp3) is 0.172. The highest BCUT2D eigenvalue weighted by molar-refractivity contribution is 7.16. The van der Waals surface area contributed by atoms with Crippen molar-refractivity contribution >= 4 is 34.1 Å². The van der Waals surface area contributed by atoms with Gasteiger partial charge in [0.2, 0.25) is 0 Å². The number of aryl methyl sites for hydroxylation is 1. The standard InChI is InChI=1S/C29H26N2O2S/c32-28(31-23-11-5-2-6-12-23)27-25-13-7-8-14-26(25)34-29(27)30-19-21-15-17-24(18-16-21)33-20-22-9-3-1-4-10-22/h1-6,9-12,15-19H,7-8,13-14,20H2,(H,31,32). The summed E-state index contributed by atoms with van der Waals surface area (Å²) in [5, 5.41) is 3.83. The SMILES string of the molecule is O=C(Nc1ccccc1)c1c(N=Cc2ccc(OCc3ccccc3)cc2)sc2c1CCCC2. The minimum Gasteiger partial charge on any atom is -0.489 e. The zero-order valence-electron chi connectivity index (χ0n) is 18.9. The lowest BCUT2D eigenvalue weighted by Gasteiger charge is -2.12. The first kappa shape index (κ1) is 22.1. The van der Waals surface area contributed by atoms with Gasteiger partial charge in [0.1, 0.15) is 17.4 Å². The fourth-order valence-corrected chi connectivity index (χ4v) is 5.35. The molecule has 5 rings (SSSR count). The van der Waals surface area contributed by atoms with Crippen LogP contribution in [0.15, 0.2) is 89.9 Å². The lowest BCUT2D eigenvalue weighted by molar-refractivity contribution is 0.102. The summed E-state index contributed by atoms with van der Waals surface area (Å²) in [4.78, 5) is 19.3. The van der Waals surface area contributed by atoms with Crippen LogP contribution < -0.4 is 10.1 Å². The molecule has 1 N–H and O–H groups in total. The number of nitrogens with one attached hydrogen (secondary N) is 1. The van der Waals surface area contributed by atoms with E-state index in [-0.39, 0.29) is 5.91 Å². The zero-order chi connectivity index (χ0) is 23.2. The molecule has 0 saturated carbocycles. The third kappa shape index (κ3) is 5.26. The molecule has 0 atom stereocenters. The normalized spacial score (nSPS) is 12.9. The molecule has 3 aromatic carbocycles. The Morgan fingerprint density at radius 3 is 2.38 bits per heavy atom. The van der Waals surface area contributed by atoms with Crippen LogP contribution in [0.3, 0.4) is 0 Å². The number of carbonyl (C=O) groups excluding carboxylic acids is 1. The van der Waals surface area contributed by atoms with Gasteiger partial charge in [0.25, 0.3) is 5.91 Å². The van der Waals surface area contributed by atoms with Gasteiger partial charge in [-0.3, -0.25) is 4.79 Å². The van der Waals surface area contributed by atoms with E-state index in [2.05, 4.69) is 5.32 Å². The van der Waals surface area contributed by atoms with Crippen LogP contribution in [0.5, 0.6) is 5.75 Å². The van der Waals surface area contributed by atoms with Gasteiger partial charge >= 0.3 is 0 Å². The molecule has 1 heterocycles. The molecule has 1 aliphatic carbocycles. The smallest absolute Gasteiger partial charge is 0.259 e. The van der Waals surface area contributed by atoms with Crippen LogP contribution in [-0.2, 0) is 19.4 Å². The van der Waals surface area contributed by atoms with E-state index in [9.17, 15) is 4.79 Å². The number of thiophene rings is 1. The second-order valence-corrected chi connectivity index (χ2v) is 9.40. The van der Waals surface area contributed by atoms with E-state index in [0.717, 1.165) is 52.4 Å². The van der Waals surface area contributed by atoms with Crippen molar-refractivity contribution in [3.8, 4) is 5.75 Å². The van der Waals surface area contributed by atoms with Gasteiger partial charge in [0.15, 0.2) is 0 Å². The van der Waals surface area contributed by atoms with Crippen molar-refractivity contribution in [1.29, 1.82) is 0 Å². The van der Waals surface area contributed by atoms with Crippen LogP contribution in [0.25, 0.3) is 0 Å². The van der Waals surface area contributed by atoms with Crippen molar-refractivity contribution in [2.45, 2.75) is 32.3 Å². The molecule has 0 fully saturated rings. The number of rotatable bonds is 7. The van der Waals surface area contributed by atoms with Crippen molar-refractivity contribution in [3.63, 3.8) is 0 Å². The van der Waals surface area contributed by atoms with Crippen LogP contribution >= 0.6 is 11.3 Å². The van der Waals surface area contributed by atoms with Gasteiger partial charge < -0.3 is 10.1 Å². The molecule has 0 aliphatic heterocycles. The van der Waals surface area contributed by atoms with Crippen LogP contribution in [0, 0.1) is 0 Å². The second kappa shape index (κ2) is 10.5. The Labute approximate surface area is 204 Å². The highest BCUT2D eigenvalue weighted by Gasteiger charge is 2.25. The summed E-state index contributed by atoms with van der Waals surface area (Å²) < 4.78 is 5.88. The average molecular weight is 467 g/mol. The predicted molar refractivity (Wildman–Crippen MR) is 140 cm³/mol. The predicted octanol–water partition coefficient (Wildman–Crippen LogP) is 7.21. The molecule has 4 aromatic rings. The van der Waals surface area contributed by atoms with Crippen LogP contribution in [-0.4, -0.2) is 12.1 Å². The van der Waals surface area contributed by atoms with Crippen molar-refractivity contribution in [1.82, 2.24) is 0 Å². The summed E-state index contributed by atoms with van der Waals surface area (Å²) in [5.74, 6) is 0.734. The molecule has 5 heteroatoms. The average Bonchev–Trinajstić information content (AvgIpc) is 3.27. The monoisotopic (exact) mass is 466 g/mol. The minimum absolute atomic E-state index is 0.0811. The molecule has 0 bridgehead atoms. The van der Waals surface area contributed by atoms with Gasteiger partial charge in [0.05, 0.1) is 5.56 Å². The molecule has 4 nitrogen and oxygen atoms in total. The molecular weight excluding hydrogens is 440 g/mol. The summed E-state index contributed by atoms with van der Waals surface area (Å²) in [6.07, 6.45) is 6.07. The fourth-order valence-electron chi connectivity index (χ4n) is 4.12. The van der Waals surface area contributed by atoms with E-state index in [1.165, 1.54) is 16.9 Å². The highest BCUT2D eigenvalue weighted by atomic mass is 32.1.